The van der Waals surface area contributed by atoms with Crippen LogP contribution >= 0.6 is 0 Å². The first-order valence-electron chi connectivity index (χ1n) is 5.32. The van der Waals surface area contributed by atoms with Gasteiger partial charge in [-0.05, 0) is 30.9 Å². The molecule has 1 aromatic rings. The molecule has 17 heavy (non-hydrogen) atoms. The lowest BCUT2D eigenvalue weighted by Gasteiger charge is -2.14. The molecule has 0 amide bonds. The van der Waals surface area contributed by atoms with Gasteiger partial charge in [-0.2, -0.15) is 9.98 Å². The highest BCUT2D eigenvalue weighted by atomic mass is 16.1. The van der Waals surface area contributed by atoms with E-state index in [1.807, 2.05) is 26.8 Å². The van der Waals surface area contributed by atoms with Crippen molar-refractivity contribution in [1.82, 2.24) is 0 Å². The fourth-order valence-corrected chi connectivity index (χ4v) is 1.85. The Morgan fingerprint density at radius 3 is 2.06 bits per heavy atom. The van der Waals surface area contributed by atoms with E-state index in [4.69, 9.17) is 0 Å². The second kappa shape index (κ2) is 5.35. The number of benzene rings is 1. The molecule has 0 aromatic heterocycles. The summed E-state index contributed by atoms with van der Waals surface area (Å²) in [6.45, 7) is 7.68. The third-order valence-corrected chi connectivity index (χ3v) is 2.67. The molecule has 1 aromatic carbocycles. The van der Waals surface area contributed by atoms with Gasteiger partial charge in [-0.1, -0.05) is 19.9 Å². The van der Waals surface area contributed by atoms with Crippen LogP contribution in [0, 0.1) is 13.8 Å². The van der Waals surface area contributed by atoms with Gasteiger partial charge in [0.15, 0.2) is 0 Å². The van der Waals surface area contributed by atoms with E-state index in [-0.39, 0.29) is 5.92 Å². The van der Waals surface area contributed by atoms with E-state index in [0.717, 1.165) is 11.1 Å². The van der Waals surface area contributed by atoms with Crippen molar-refractivity contribution in [3.63, 3.8) is 0 Å². The third kappa shape index (κ3) is 2.56. The van der Waals surface area contributed by atoms with Crippen molar-refractivity contribution >= 4 is 23.5 Å². The summed E-state index contributed by atoms with van der Waals surface area (Å²) in [5, 5.41) is 0. The van der Waals surface area contributed by atoms with Gasteiger partial charge in [-0.3, -0.25) is 0 Å². The number of hydrogen-bond donors (Lipinski definition) is 0. The van der Waals surface area contributed by atoms with Crippen LogP contribution in [0.15, 0.2) is 16.1 Å². The molecule has 0 saturated heterocycles. The highest BCUT2D eigenvalue weighted by molar-refractivity contribution is 5.71. The molecule has 0 fully saturated rings. The van der Waals surface area contributed by atoms with Gasteiger partial charge in [0, 0.05) is 5.56 Å². The fraction of sp³-hybridized carbons (Fsp3) is 0.385. The molecule has 0 unspecified atom stereocenters. The van der Waals surface area contributed by atoms with E-state index < -0.39 is 0 Å². The zero-order valence-electron chi connectivity index (χ0n) is 10.4. The Hall–Kier alpha value is -2.02. The molecule has 0 N–H and O–H groups in total. The van der Waals surface area contributed by atoms with E-state index in [9.17, 15) is 9.59 Å². The molecule has 0 aliphatic rings. The van der Waals surface area contributed by atoms with Gasteiger partial charge in [0.2, 0.25) is 12.2 Å². The van der Waals surface area contributed by atoms with Gasteiger partial charge in [0.25, 0.3) is 0 Å². The summed E-state index contributed by atoms with van der Waals surface area (Å²) in [6, 6.07) is 1.89. The van der Waals surface area contributed by atoms with Crippen LogP contribution in [0.4, 0.5) is 11.4 Å². The number of hydrogen-bond acceptors (Lipinski definition) is 4. The van der Waals surface area contributed by atoms with Crippen molar-refractivity contribution in [2.24, 2.45) is 9.98 Å². The fourth-order valence-electron chi connectivity index (χ4n) is 1.85. The van der Waals surface area contributed by atoms with E-state index in [1.165, 1.54) is 6.08 Å². The summed E-state index contributed by atoms with van der Waals surface area (Å²) in [5.41, 5.74) is 3.61. The third-order valence-electron chi connectivity index (χ3n) is 2.67. The normalized spacial score (nSPS) is 9.71. The minimum atomic E-state index is 0.230. The monoisotopic (exact) mass is 230 g/mol. The molecule has 0 radical (unpaired) electrons. The summed E-state index contributed by atoms with van der Waals surface area (Å²) >= 11 is 0. The highest BCUT2D eigenvalue weighted by Crippen LogP contribution is 2.38. The van der Waals surface area contributed by atoms with Crippen LogP contribution in [0.3, 0.4) is 0 Å². The molecule has 0 aliphatic heterocycles. The topological polar surface area (TPSA) is 58.9 Å². The summed E-state index contributed by atoms with van der Waals surface area (Å²) in [5.74, 6) is 0.230. The lowest BCUT2D eigenvalue weighted by atomic mass is 9.94. The van der Waals surface area contributed by atoms with E-state index in [1.54, 1.807) is 13.0 Å². The lowest BCUT2D eigenvalue weighted by Crippen LogP contribution is -1.93. The van der Waals surface area contributed by atoms with Gasteiger partial charge in [0.05, 0.1) is 11.4 Å². The average Bonchev–Trinajstić information content (AvgIpc) is 2.27. The Morgan fingerprint density at radius 2 is 1.59 bits per heavy atom. The Morgan fingerprint density at radius 1 is 1.06 bits per heavy atom. The first kappa shape index (κ1) is 13.0. The van der Waals surface area contributed by atoms with Crippen LogP contribution in [0.1, 0.15) is 36.5 Å². The van der Waals surface area contributed by atoms with E-state index in [0.29, 0.717) is 16.9 Å². The summed E-state index contributed by atoms with van der Waals surface area (Å²) in [6.07, 6.45) is 3.06. The second-order valence-corrected chi connectivity index (χ2v) is 4.17. The molecule has 0 bridgehead atoms. The van der Waals surface area contributed by atoms with Crippen LogP contribution in [-0.2, 0) is 9.59 Å². The Kier molecular flexibility index (Phi) is 4.11. The van der Waals surface area contributed by atoms with Crippen molar-refractivity contribution in [3.8, 4) is 0 Å². The zero-order valence-corrected chi connectivity index (χ0v) is 10.4. The van der Waals surface area contributed by atoms with Gasteiger partial charge in [-0.15, -0.1) is 0 Å². The maximum absolute atomic E-state index is 10.5. The molecule has 0 aliphatic carbocycles. The maximum Gasteiger partial charge on any atom is 0.240 e. The molecular formula is C13H14N2O2. The van der Waals surface area contributed by atoms with Gasteiger partial charge >= 0.3 is 0 Å². The smallest absolute Gasteiger partial charge is 0.211 e. The van der Waals surface area contributed by atoms with Crippen molar-refractivity contribution in [2.75, 3.05) is 0 Å². The molecule has 0 heterocycles. The van der Waals surface area contributed by atoms with Crippen molar-refractivity contribution in [2.45, 2.75) is 33.6 Å². The van der Waals surface area contributed by atoms with Crippen molar-refractivity contribution in [3.05, 3.63) is 22.8 Å². The molecule has 1 rings (SSSR count). The molecule has 0 saturated carbocycles. The minimum absolute atomic E-state index is 0.230. The number of rotatable bonds is 3. The summed E-state index contributed by atoms with van der Waals surface area (Å²) in [4.78, 5) is 28.2. The summed E-state index contributed by atoms with van der Waals surface area (Å²) in [7, 11) is 0. The highest BCUT2D eigenvalue weighted by Gasteiger charge is 2.14. The van der Waals surface area contributed by atoms with E-state index in [2.05, 4.69) is 9.98 Å². The SMILES string of the molecule is Cc1cc(C(C)C)c(N=C=O)c(C)c1N=C=O. The van der Waals surface area contributed by atoms with Crippen LogP contribution in [-0.4, -0.2) is 12.2 Å². The predicted octanol–water partition coefficient (Wildman–Crippen LogP) is 3.36. The number of carbonyl (C=O) groups excluding carboxylic acids is 2. The van der Waals surface area contributed by atoms with Crippen LogP contribution in [0.25, 0.3) is 0 Å². The molecule has 4 nitrogen and oxygen atoms in total. The quantitative estimate of drug-likeness (QED) is 0.590. The zero-order chi connectivity index (χ0) is 13.0. The number of nitrogens with zero attached hydrogens (tertiary/aromatic N) is 2. The van der Waals surface area contributed by atoms with Crippen LogP contribution < -0.4 is 0 Å². The molecule has 0 atom stereocenters. The Labute approximate surface area is 100 Å². The van der Waals surface area contributed by atoms with Gasteiger partial charge in [0.1, 0.15) is 0 Å². The standard InChI is InChI=1S/C13H14N2O2/c1-8(2)11-5-9(3)12(14-6-16)10(4)13(11)15-7-17/h5,8H,1-4H3. The van der Waals surface area contributed by atoms with Crippen LogP contribution in [0.2, 0.25) is 0 Å². The second-order valence-electron chi connectivity index (χ2n) is 4.17. The first-order chi connectivity index (χ1) is 8.02. The van der Waals surface area contributed by atoms with Crippen LogP contribution in [0.5, 0.6) is 0 Å². The first-order valence-corrected chi connectivity index (χ1v) is 5.32. The Bertz CT molecular complexity index is 535. The lowest BCUT2D eigenvalue weighted by molar-refractivity contribution is 0.564. The van der Waals surface area contributed by atoms with Gasteiger partial charge in [-0.25, -0.2) is 9.59 Å². The molecular weight excluding hydrogens is 216 g/mol. The average molecular weight is 230 g/mol. The number of aryl methyl sites for hydroxylation is 1. The molecule has 4 heteroatoms. The predicted molar refractivity (Wildman–Crippen MR) is 65.6 cm³/mol. The molecule has 88 valence electrons. The van der Waals surface area contributed by atoms with Crippen molar-refractivity contribution in [1.29, 1.82) is 0 Å². The minimum Gasteiger partial charge on any atom is -0.211 e. The van der Waals surface area contributed by atoms with Gasteiger partial charge < -0.3 is 0 Å². The van der Waals surface area contributed by atoms with Crippen molar-refractivity contribution < 1.29 is 9.59 Å². The Balaban J connectivity index is 3.68. The number of isocyanates is 2. The number of aliphatic imine (C=N–C) groups is 2. The maximum atomic E-state index is 10.5. The molecule has 0 spiro atoms. The van der Waals surface area contributed by atoms with E-state index >= 15 is 0 Å². The largest absolute Gasteiger partial charge is 0.240 e. The summed E-state index contributed by atoms with van der Waals surface area (Å²) < 4.78 is 0.